The molecule has 0 aliphatic heterocycles. The molecule has 0 atom stereocenters. The van der Waals surface area contributed by atoms with Crippen LogP contribution in [-0.2, 0) is 19.0 Å². The Kier molecular flexibility index (Phi) is 8.12. The fourth-order valence-corrected chi connectivity index (χ4v) is 3.16. The lowest BCUT2D eigenvalue weighted by molar-refractivity contribution is -0.178. The highest BCUT2D eigenvalue weighted by Gasteiger charge is 2.29. The van der Waals surface area contributed by atoms with Gasteiger partial charge < -0.3 is 14.2 Å². The highest BCUT2D eigenvalue weighted by atomic mass is 28.2. The molecule has 0 N–H and O–H groups in total. The van der Waals surface area contributed by atoms with Crippen LogP contribution >= 0.6 is 0 Å². The summed E-state index contributed by atoms with van der Waals surface area (Å²) in [4.78, 5) is 11.3. The van der Waals surface area contributed by atoms with Crippen molar-refractivity contribution in [3.05, 3.63) is 12.2 Å². The van der Waals surface area contributed by atoms with E-state index < -0.39 is 14.9 Å². The molecule has 4 nitrogen and oxygen atoms in total. The fraction of sp³-hybridized carbons (Fsp3) is 0.750. The molecule has 0 aromatic heterocycles. The number of hydrogen-bond donors (Lipinski definition) is 0. The second kappa shape index (κ2) is 8.44. The molecule has 0 unspecified atom stereocenters. The van der Waals surface area contributed by atoms with Crippen LogP contribution in [0.5, 0.6) is 0 Å². The number of rotatable bonds is 9. The Morgan fingerprint density at radius 3 is 2.12 bits per heavy atom. The predicted octanol–water partition coefficient (Wildman–Crippen LogP) is 1.37. The molecule has 0 aliphatic rings. The number of ether oxygens (including phenoxy) is 3. The van der Waals surface area contributed by atoms with Crippen LogP contribution in [0.25, 0.3) is 0 Å². The third-order valence-corrected chi connectivity index (χ3v) is 4.50. The normalized spacial score (nSPS) is 12.0. The van der Waals surface area contributed by atoms with Gasteiger partial charge in [0.05, 0.1) is 6.23 Å². The van der Waals surface area contributed by atoms with Gasteiger partial charge >= 0.3 is 5.97 Å². The van der Waals surface area contributed by atoms with Crippen LogP contribution in [0.15, 0.2) is 12.2 Å². The summed E-state index contributed by atoms with van der Waals surface area (Å²) >= 11 is 0. The van der Waals surface area contributed by atoms with Crippen LogP contribution in [0, 0.1) is 0 Å². The van der Waals surface area contributed by atoms with Crippen molar-refractivity contribution in [2.75, 3.05) is 19.4 Å². The second-order valence-electron chi connectivity index (χ2n) is 3.80. The standard InChI is InChI=1S/C12H24O4Si/c1-6-12(15-7-2,16-8-3)17-9-14-11(13)10(4)5/h4,6-9,17H2,1-3,5H3. The monoisotopic (exact) mass is 260 g/mol. The summed E-state index contributed by atoms with van der Waals surface area (Å²) in [6.07, 6.45) is 1.20. The van der Waals surface area contributed by atoms with Crippen molar-refractivity contribution in [2.24, 2.45) is 0 Å². The van der Waals surface area contributed by atoms with E-state index in [0.717, 1.165) is 6.42 Å². The summed E-state index contributed by atoms with van der Waals surface area (Å²) < 4.78 is 16.5. The third kappa shape index (κ3) is 6.00. The topological polar surface area (TPSA) is 44.8 Å². The average molecular weight is 260 g/mol. The molecule has 0 bridgehead atoms. The van der Waals surface area contributed by atoms with Gasteiger partial charge in [0.1, 0.15) is 14.9 Å². The first-order chi connectivity index (χ1) is 8.01. The Bertz CT molecular complexity index is 247. The molecule has 0 saturated carbocycles. The molecule has 0 heterocycles. The van der Waals surface area contributed by atoms with Crippen LogP contribution in [0.2, 0.25) is 0 Å². The van der Waals surface area contributed by atoms with E-state index in [0.29, 0.717) is 25.0 Å². The molecule has 0 aliphatic carbocycles. The van der Waals surface area contributed by atoms with Crippen LogP contribution in [0.1, 0.15) is 34.1 Å². The molecule has 0 saturated heterocycles. The summed E-state index contributed by atoms with van der Waals surface area (Å²) in [6.45, 7) is 12.3. The van der Waals surface area contributed by atoms with Crippen molar-refractivity contribution in [1.29, 1.82) is 0 Å². The molecule has 0 rings (SSSR count). The molecule has 0 aromatic rings. The SMILES string of the molecule is C=C(C)C(=O)OC[SiH2]C(CC)(OCC)OCC. The molecule has 100 valence electrons. The first kappa shape index (κ1) is 16.3. The first-order valence-corrected chi connectivity index (χ1v) is 7.82. The Hall–Kier alpha value is -0.653. The Morgan fingerprint density at radius 2 is 1.76 bits per heavy atom. The van der Waals surface area contributed by atoms with E-state index in [9.17, 15) is 4.79 Å². The lowest BCUT2D eigenvalue weighted by Gasteiger charge is -2.32. The second-order valence-corrected chi connectivity index (χ2v) is 5.78. The predicted molar refractivity (Wildman–Crippen MR) is 70.6 cm³/mol. The van der Waals surface area contributed by atoms with Gasteiger partial charge in [-0.3, -0.25) is 0 Å². The molecular weight excluding hydrogens is 236 g/mol. The first-order valence-electron chi connectivity index (χ1n) is 6.11. The van der Waals surface area contributed by atoms with Crippen molar-refractivity contribution >= 4 is 15.5 Å². The van der Waals surface area contributed by atoms with Crippen molar-refractivity contribution < 1.29 is 19.0 Å². The highest BCUT2D eigenvalue weighted by Crippen LogP contribution is 2.16. The maximum atomic E-state index is 11.3. The molecule has 17 heavy (non-hydrogen) atoms. The van der Waals surface area contributed by atoms with Crippen LogP contribution in [0.3, 0.4) is 0 Å². The molecule has 0 amide bonds. The quantitative estimate of drug-likeness (QED) is 0.272. The van der Waals surface area contributed by atoms with Gasteiger partial charge in [0.15, 0.2) is 0 Å². The minimum absolute atomic E-state index is 0.337. The van der Waals surface area contributed by atoms with Gasteiger partial charge in [-0.25, -0.2) is 4.79 Å². The number of carbonyl (C=O) groups excluding carboxylic acids is 1. The minimum atomic E-state index is -0.807. The van der Waals surface area contributed by atoms with Crippen LogP contribution in [-0.4, -0.2) is 40.3 Å². The smallest absolute Gasteiger partial charge is 0.332 e. The maximum Gasteiger partial charge on any atom is 0.332 e. The van der Waals surface area contributed by atoms with E-state index in [1.165, 1.54) is 0 Å². The van der Waals surface area contributed by atoms with E-state index in [1.54, 1.807) is 6.92 Å². The highest BCUT2D eigenvalue weighted by molar-refractivity contribution is 6.39. The molecule has 5 heteroatoms. The summed E-state index contributed by atoms with van der Waals surface area (Å²) in [5, 5.41) is 0. The number of carbonyl (C=O) groups is 1. The van der Waals surface area contributed by atoms with Crippen molar-refractivity contribution in [1.82, 2.24) is 0 Å². The van der Waals surface area contributed by atoms with Gasteiger partial charge in [-0.15, -0.1) is 0 Å². The Morgan fingerprint density at radius 1 is 1.24 bits per heavy atom. The van der Waals surface area contributed by atoms with E-state index in [4.69, 9.17) is 14.2 Å². The minimum Gasteiger partial charge on any atom is -0.467 e. The van der Waals surface area contributed by atoms with E-state index in [2.05, 4.69) is 6.58 Å². The summed E-state index contributed by atoms with van der Waals surface area (Å²) in [5.74, 6) is -0.337. The molecule has 0 aromatic carbocycles. The van der Waals surface area contributed by atoms with Crippen molar-refractivity contribution in [2.45, 2.75) is 39.5 Å². The summed E-state index contributed by atoms with van der Waals surface area (Å²) in [5.41, 5.74) is -0.0762. The van der Waals surface area contributed by atoms with E-state index in [1.807, 2.05) is 20.8 Å². The average Bonchev–Trinajstić information content (AvgIpc) is 2.29. The van der Waals surface area contributed by atoms with Crippen LogP contribution < -0.4 is 0 Å². The van der Waals surface area contributed by atoms with Gasteiger partial charge in [0, 0.05) is 18.8 Å². The van der Waals surface area contributed by atoms with Gasteiger partial charge in [0.2, 0.25) is 0 Å². The molecule has 0 radical (unpaired) electrons. The zero-order chi connectivity index (χ0) is 13.3. The van der Waals surface area contributed by atoms with Crippen LogP contribution in [0.4, 0.5) is 0 Å². The fourth-order valence-electron chi connectivity index (χ4n) is 1.52. The van der Waals surface area contributed by atoms with Gasteiger partial charge in [-0.2, -0.15) is 0 Å². The maximum absolute atomic E-state index is 11.3. The molecule has 0 fully saturated rings. The zero-order valence-corrected chi connectivity index (χ0v) is 12.8. The zero-order valence-electron chi connectivity index (χ0n) is 11.4. The van der Waals surface area contributed by atoms with Gasteiger partial charge in [0.25, 0.3) is 0 Å². The van der Waals surface area contributed by atoms with Gasteiger partial charge in [-0.1, -0.05) is 13.5 Å². The lowest BCUT2D eigenvalue weighted by Crippen LogP contribution is -2.44. The number of hydrogen-bond acceptors (Lipinski definition) is 4. The summed E-state index contributed by atoms with van der Waals surface area (Å²) in [7, 11) is -0.807. The lowest BCUT2D eigenvalue weighted by atomic mass is 10.4. The molecule has 0 spiro atoms. The van der Waals surface area contributed by atoms with Gasteiger partial charge in [-0.05, 0) is 27.2 Å². The Balaban J connectivity index is 4.24. The summed E-state index contributed by atoms with van der Waals surface area (Å²) in [6, 6.07) is 0. The Labute approximate surface area is 106 Å². The third-order valence-electron chi connectivity index (χ3n) is 2.42. The van der Waals surface area contributed by atoms with Crippen molar-refractivity contribution in [3.63, 3.8) is 0 Å². The van der Waals surface area contributed by atoms with E-state index in [-0.39, 0.29) is 5.97 Å². The largest absolute Gasteiger partial charge is 0.467 e. The van der Waals surface area contributed by atoms with E-state index >= 15 is 0 Å². The number of esters is 1. The molecular formula is C12H24O4Si. The van der Waals surface area contributed by atoms with Crippen molar-refractivity contribution in [3.8, 4) is 0 Å².